The van der Waals surface area contributed by atoms with Crippen LogP contribution in [0.5, 0.6) is 0 Å². The lowest BCUT2D eigenvalue weighted by Gasteiger charge is -2.07. The van der Waals surface area contributed by atoms with Crippen LogP contribution in [0.15, 0.2) is 53.9 Å². The highest BCUT2D eigenvalue weighted by molar-refractivity contribution is 7.98. The first kappa shape index (κ1) is 16.2. The molecule has 0 aliphatic carbocycles. The van der Waals surface area contributed by atoms with Gasteiger partial charge in [0.25, 0.3) is 0 Å². The van der Waals surface area contributed by atoms with E-state index in [4.69, 9.17) is 5.73 Å². The number of nitrogens with zero attached hydrogens (tertiary/aromatic N) is 4. The highest BCUT2D eigenvalue weighted by Gasteiger charge is 2.13. The molecule has 3 aromatic rings. The molecule has 0 aliphatic heterocycles. The maximum absolute atomic E-state index is 11.1. The first-order valence-corrected chi connectivity index (χ1v) is 8.52. The molecule has 2 aromatic heterocycles. The van der Waals surface area contributed by atoms with Gasteiger partial charge >= 0.3 is 0 Å². The number of hydrogen-bond acceptors (Lipinski definition) is 5. The summed E-state index contributed by atoms with van der Waals surface area (Å²) in [6, 6.07) is 11.1. The van der Waals surface area contributed by atoms with Gasteiger partial charge in [0, 0.05) is 35.8 Å². The van der Waals surface area contributed by atoms with Crippen LogP contribution in [0.3, 0.4) is 0 Å². The molecule has 1 aromatic carbocycles. The zero-order valence-electron chi connectivity index (χ0n) is 13.2. The topological polar surface area (TPSA) is 86.7 Å². The number of pyridine rings is 1. The zero-order chi connectivity index (χ0) is 16.9. The molecule has 1 amide bonds. The number of thioether (sulfide) groups is 1. The molecule has 0 spiro atoms. The predicted molar refractivity (Wildman–Crippen MR) is 93.4 cm³/mol. The van der Waals surface area contributed by atoms with Crippen LogP contribution in [-0.2, 0) is 12.3 Å². The number of amides is 1. The van der Waals surface area contributed by atoms with E-state index < -0.39 is 5.91 Å². The lowest BCUT2D eigenvalue weighted by atomic mass is 10.1. The molecule has 0 unspecified atom stereocenters. The maximum atomic E-state index is 11.1. The third kappa shape index (κ3) is 3.46. The fourth-order valence-electron chi connectivity index (χ4n) is 2.31. The van der Waals surface area contributed by atoms with Crippen molar-refractivity contribution in [3.63, 3.8) is 0 Å². The Kier molecular flexibility index (Phi) is 4.90. The monoisotopic (exact) mass is 339 g/mol. The van der Waals surface area contributed by atoms with Crippen molar-refractivity contribution in [2.75, 3.05) is 0 Å². The molecule has 3 rings (SSSR count). The number of hydrogen-bond donors (Lipinski definition) is 1. The summed E-state index contributed by atoms with van der Waals surface area (Å²) in [5.74, 6) is 1.17. The normalized spacial score (nSPS) is 10.7. The molecule has 7 heteroatoms. The molecular weight excluding hydrogens is 322 g/mol. The number of carbonyl (C=O) groups excluding carboxylic acids is 1. The van der Waals surface area contributed by atoms with Crippen LogP contribution in [0, 0.1) is 0 Å². The smallest absolute Gasteiger partial charge is 0.248 e. The Hall–Kier alpha value is -2.67. The second-order valence-corrected chi connectivity index (χ2v) is 6.08. The molecule has 2 N–H and O–H groups in total. The van der Waals surface area contributed by atoms with Crippen LogP contribution in [0.4, 0.5) is 0 Å². The van der Waals surface area contributed by atoms with Crippen molar-refractivity contribution in [3.05, 3.63) is 59.9 Å². The fraction of sp³-hybridized carbons (Fsp3) is 0.176. The fourth-order valence-corrected chi connectivity index (χ4v) is 3.27. The average Bonchev–Trinajstić information content (AvgIpc) is 3.04. The van der Waals surface area contributed by atoms with Gasteiger partial charge in [0.2, 0.25) is 5.91 Å². The molecular formula is C17H17N5OS. The molecule has 2 heterocycles. The van der Waals surface area contributed by atoms with E-state index in [2.05, 4.69) is 26.7 Å². The quantitative estimate of drug-likeness (QED) is 0.698. The summed E-state index contributed by atoms with van der Waals surface area (Å²) in [6.45, 7) is 2.85. The van der Waals surface area contributed by atoms with Crippen molar-refractivity contribution in [2.24, 2.45) is 5.73 Å². The standard InChI is InChI=1S/C17H17N5OS/c1-2-22-16(14-7-9-19-10-8-14)20-21-17(22)24-11-12-3-5-13(6-4-12)15(18)23/h3-10H,2,11H2,1H3,(H2,18,23). The summed E-state index contributed by atoms with van der Waals surface area (Å²) in [4.78, 5) is 15.1. The largest absolute Gasteiger partial charge is 0.366 e. The Morgan fingerprint density at radius 1 is 1.12 bits per heavy atom. The van der Waals surface area contributed by atoms with Crippen molar-refractivity contribution in [2.45, 2.75) is 24.4 Å². The number of primary amides is 1. The van der Waals surface area contributed by atoms with Crippen LogP contribution in [0.1, 0.15) is 22.8 Å². The first-order valence-electron chi connectivity index (χ1n) is 7.54. The Morgan fingerprint density at radius 3 is 2.46 bits per heavy atom. The summed E-state index contributed by atoms with van der Waals surface area (Å²) >= 11 is 1.61. The van der Waals surface area contributed by atoms with Crippen LogP contribution >= 0.6 is 11.8 Å². The van der Waals surface area contributed by atoms with E-state index in [-0.39, 0.29) is 0 Å². The summed E-state index contributed by atoms with van der Waals surface area (Å²) in [5, 5.41) is 9.48. The minimum Gasteiger partial charge on any atom is -0.366 e. The summed E-state index contributed by atoms with van der Waals surface area (Å²) in [6.07, 6.45) is 3.49. The molecule has 6 nitrogen and oxygen atoms in total. The number of nitrogens with two attached hydrogens (primary N) is 1. The minimum absolute atomic E-state index is 0.415. The molecule has 0 saturated carbocycles. The maximum Gasteiger partial charge on any atom is 0.248 e. The summed E-state index contributed by atoms with van der Waals surface area (Å²) in [5.41, 5.74) is 7.86. The van der Waals surface area contributed by atoms with Gasteiger partial charge in [-0.2, -0.15) is 0 Å². The molecule has 0 fully saturated rings. The summed E-state index contributed by atoms with van der Waals surface area (Å²) in [7, 11) is 0. The van der Waals surface area contributed by atoms with Gasteiger partial charge in [0.15, 0.2) is 11.0 Å². The SMILES string of the molecule is CCn1c(SCc2ccc(C(N)=O)cc2)nnc1-c1ccncc1. The predicted octanol–water partition coefficient (Wildman–Crippen LogP) is 2.75. The second-order valence-electron chi connectivity index (χ2n) is 5.14. The Bertz CT molecular complexity index is 830. The van der Waals surface area contributed by atoms with E-state index in [1.54, 1.807) is 36.3 Å². The third-order valence-electron chi connectivity index (χ3n) is 3.58. The Balaban J connectivity index is 1.76. The summed E-state index contributed by atoms with van der Waals surface area (Å²) < 4.78 is 2.08. The zero-order valence-corrected chi connectivity index (χ0v) is 14.0. The van der Waals surface area contributed by atoms with Gasteiger partial charge in [-0.1, -0.05) is 23.9 Å². The number of rotatable bonds is 6. The van der Waals surface area contributed by atoms with Gasteiger partial charge in [-0.25, -0.2) is 0 Å². The second kappa shape index (κ2) is 7.27. The molecule has 0 saturated heterocycles. The molecule has 0 bridgehead atoms. The van der Waals surface area contributed by atoms with Crippen molar-refractivity contribution < 1.29 is 4.79 Å². The van der Waals surface area contributed by atoms with Crippen molar-refractivity contribution in [1.82, 2.24) is 19.7 Å². The highest BCUT2D eigenvalue weighted by atomic mass is 32.2. The van der Waals surface area contributed by atoms with E-state index in [1.807, 2.05) is 24.3 Å². The first-order chi connectivity index (χ1) is 11.7. The van der Waals surface area contributed by atoms with E-state index >= 15 is 0 Å². The number of carbonyl (C=O) groups is 1. The average molecular weight is 339 g/mol. The van der Waals surface area contributed by atoms with Crippen molar-refractivity contribution in [3.8, 4) is 11.4 Å². The number of benzene rings is 1. The number of aromatic nitrogens is 4. The van der Waals surface area contributed by atoms with Crippen LogP contribution < -0.4 is 5.73 Å². The van der Waals surface area contributed by atoms with E-state index in [1.165, 1.54) is 0 Å². The lowest BCUT2D eigenvalue weighted by Crippen LogP contribution is -2.10. The van der Waals surface area contributed by atoms with Gasteiger partial charge in [0.05, 0.1) is 0 Å². The van der Waals surface area contributed by atoms with Gasteiger partial charge in [0.1, 0.15) is 0 Å². The van der Waals surface area contributed by atoms with Gasteiger partial charge in [-0.3, -0.25) is 9.78 Å². The third-order valence-corrected chi connectivity index (χ3v) is 4.62. The van der Waals surface area contributed by atoms with Crippen LogP contribution in [-0.4, -0.2) is 25.7 Å². The van der Waals surface area contributed by atoms with Gasteiger partial charge in [-0.15, -0.1) is 10.2 Å². The van der Waals surface area contributed by atoms with E-state index in [0.717, 1.165) is 34.4 Å². The van der Waals surface area contributed by atoms with E-state index in [9.17, 15) is 4.79 Å². The molecule has 24 heavy (non-hydrogen) atoms. The Morgan fingerprint density at radius 2 is 1.83 bits per heavy atom. The van der Waals surface area contributed by atoms with Crippen LogP contribution in [0.2, 0.25) is 0 Å². The molecule has 0 atom stereocenters. The van der Waals surface area contributed by atoms with Gasteiger partial charge in [-0.05, 0) is 36.8 Å². The molecule has 0 radical (unpaired) electrons. The molecule has 0 aliphatic rings. The lowest BCUT2D eigenvalue weighted by molar-refractivity contribution is 0.100. The van der Waals surface area contributed by atoms with Crippen molar-refractivity contribution >= 4 is 17.7 Å². The van der Waals surface area contributed by atoms with Gasteiger partial charge < -0.3 is 10.3 Å². The van der Waals surface area contributed by atoms with E-state index in [0.29, 0.717) is 5.56 Å². The Labute approximate surface area is 144 Å². The highest BCUT2D eigenvalue weighted by Crippen LogP contribution is 2.26. The van der Waals surface area contributed by atoms with Crippen molar-refractivity contribution in [1.29, 1.82) is 0 Å². The molecule has 122 valence electrons. The van der Waals surface area contributed by atoms with Crippen LogP contribution in [0.25, 0.3) is 11.4 Å². The minimum atomic E-state index is -0.415.